The average molecular weight is 193 g/mol. The van der Waals surface area contributed by atoms with Crippen LogP contribution in [-0.4, -0.2) is 13.1 Å². The summed E-state index contributed by atoms with van der Waals surface area (Å²) in [7, 11) is 0. The van der Waals surface area contributed by atoms with Crippen LogP contribution in [0.2, 0.25) is 0 Å². The maximum absolute atomic E-state index is 5.54. The predicted molar refractivity (Wildman–Crippen MR) is 57.3 cm³/mol. The summed E-state index contributed by atoms with van der Waals surface area (Å²) in [4.78, 5) is 0. The monoisotopic (exact) mass is 193 g/mol. The lowest BCUT2D eigenvalue weighted by Gasteiger charge is -2.24. The number of rotatable bonds is 3. The Hall–Kier alpha value is -0.760. The topological polar surface area (TPSA) is 25.2 Å². The van der Waals surface area contributed by atoms with E-state index in [1.54, 1.807) is 6.26 Å². The van der Waals surface area contributed by atoms with E-state index in [-0.39, 0.29) is 0 Å². The van der Waals surface area contributed by atoms with Gasteiger partial charge in [-0.1, -0.05) is 13.8 Å². The van der Waals surface area contributed by atoms with E-state index in [1.165, 1.54) is 6.42 Å². The zero-order valence-electron chi connectivity index (χ0n) is 8.99. The van der Waals surface area contributed by atoms with Crippen molar-refractivity contribution in [2.75, 3.05) is 13.1 Å². The molecule has 0 radical (unpaired) electrons. The van der Waals surface area contributed by atoms with Gasteiger partial charge < -0.3 is 9.73 Å². The van der Waals surface area contributed by atoms with Crippen molar-refractivity contribution >= 4 is 0 Å². The summed E-state index contributed by atoms with van der Waals surface area (Å²) in [5, 5.41) is 3.43. The van der Waals surface area contributed by atoms with Crippen LogP contribution in [0.5, 0.6) is 0 Å². The van der Waals surface area contributed by atoms with Crippen molar-refractivity contribution < 1.29 is 4.42 Å². The maximum atomic E-state index is 5.54. The van der Waals surface area contributed by atoms with Gasteiger partial charge in [0.2, 0.25) is 0 Å². The molecule has 2 atom stereocenters. The second-order valence-corrected chi connectivity index (χ2v) is 4.54. The number of furan rings is 1. The van der Waals surface area contributed by atoms with Gasteiger partial charge in [0.1, 0.15) is 5.76 Å². The summed E-state index contributed by atoms with van der Waals surface area (Å²) in [6.07, 6.45) is 3.07. The molecule has 78 valence electrons. The summed E-state index contributed by atoms with van der Waals surface area (Å²) >= 11 is 0. The normalized spacial score (nSPS) is 24.4. The zero-order valence-corrected chi connectivity index (χ0v) is 8.99. The molecule has 0 amide bonds. The molecule has 1 aromatic rings. The van der Waals surface area contributed by atoms with Gasteiger partial charge in [-0.2, -0.15) is 0 Å². The van der Waals surface area contributed by atoms with Crippen LogP contribution in [0.1, 0.15) is 31.9 Å². The summed E-state index contributed by atoms with van der Waals surface area (Å²) in [6.45, 7) is 6.87. The summed E-state index contributed by atoms with van der Waals surface area (Å²) in [5.41, 5.74) is 0. The van der Waals surface area contributed by atoms with Gasteiger partial charge in [0.05, 0.1) is 6.26 Å². The van der Waals surface area contributed by atoms with E-state index >= 15 is 0 Å². The molecule has 0 aliphatic carbocycles. The molecule has 1 saturated heterocycles. The van der Waals surface area contributed by atoms with Gasteiger partial charge in [-0.25, -0.2) is 0 Å². The molecule has 14 heavy (non-hydrogen) atoms. The average Bonchev–Trinajstić information content (AvgIpc) is 2.75. The van der Waals surface area contributed by atoms with E-state index in [4.69, 9.17) is 4.42 Å². The maximum Gasteiger partial charge on any atom is 0.107 e. The Balaban J connectivity index is 2.15. The molecule has 1 aliphatic rings. The third kappa shape index (κ3) is 1.85. The fraction of sp³-hybridized carbons (Fsp3) is 0.667. The van der Waals surface area contributed by atoms with Crippen LogP contribution in [0.25, 0.3) is 0 Å². The van der Waals surface area contributed by atoms with Crippen molar-refractivity contribution in [2.24, 2.45) is 11.8 Å². The lowest BCUT2D eigenvalue weighted by Crippen LogP contribution is -2.20. The standard InChI is InChI=1S/C12H19NO/c1-9(2)12(10-5-6-13-8-10)11-4-3-7-14-11/h3-4,7,9-10,12-13H,5-6,8H2,1-2H3. The first-order valence-corrected chi connectivity index (χ1v) is 5.53. The first kappa shape index (κ1) is 9.78. The molecular weight excluding hydrogens is 174 g/mol. The van der Waals surface area contributed by atoms with Gasteiger partial charge in [-0.15, -0.1) is 0 Å². The molecule has 1 fully saturated rings. The molecule has 0 saturated carbocycles. The number of hydrogen-bond donors (Lipinski definition) is 1. The largest absolute Gasteiger partial charge is 0.469 e. The Morgan fingerprint density at radius 1 is 1.50 bits per heavy atom. The number of hydrogen-bond acceptors (Lipinski definition) is 2. The van der Waals surface area contributed by atoms with Gasteiger partial charge in [-0.3, -0.25) is 0 Å². The van der Waals surface area contributed by atoms with Crippen molar-refractivity contribution in [3.05, 3.63) is 24.2 Å². The van der Waals surface area contributed by atoms with E-state index in [0.717, 1.165) is 24.8 Å². The van der Waals surface area contributed by atoms with Gasteiger partial charge >= 0.3 is 0 Å². The van der Waals surface area contributed by atoms with Crippen LogP contribution >= 0.6 is 0 Å². The smallest absolute Gasteiger partial charge is 0.107 e. The minimum absolute atomic E-state index is 0.583. The van der Waals surface area contributed by atoms with Crippen LogP contribution in [-0.2, 0) is 0 Å². The molecule has 2 nitrogen and oxygen atoms in total. The molecule has 2 rings (SSSR count). The summed E-state index contributed by atoms with van der Waals surface area (Å²) < 4.78 is 5.54. The minimum atomic E-state index is 0.583. The van der Waals surface area contributed by atoms with Crippen LogP contribution in [0.3, 0.4) is 0 Å². The van der Waals surface area contributed by atoms with Gasteiger partial charge in [0.15, 0.2) is 0 Å². The lowest BCUT2D eigenvalue weighted by molar-refractivity contribution is 0.308. The molecule has 1 aromatic heterocycles. The highest BCUT2D eigenvalue weighted by Gasteiger charge is 2.30. The molecule has 2 heteroatoms. The highest BCUT2D eigenvalue weighted by atomic mass is 16.3. The van der Waals surface area contributed by atoms with Crippen molar-refractivity contribution in [1.82, 2.24) is 5.32 Å². The fourth-order valence-electron chi connectivity index (χ4n) is 2.57. The summed E-state index contributed by atoms with van der Waals surface area (Å²) in [6, 6.07) is 4.11. The fourth-order valence-corrected chi connectivity index (χ4v) is 2.57. The lowest BCUT2D eigenvalue weighted by atomic mass is 9.81. The highest BCUT2D eigenvalue weighted by Crippen LogP contribution is 2.35. The van der Waals surface area contributed by atoms with Crippen LogP contribution in [0.4, 0.5) is 0 Å². The molecule has 0 aromatic carbocycles. The molecule has 1 aliphatic heterocycles. The highest BCUT2D eigenvalue weighted by molar-refractivity contribution is 5.09. The second-order valence-electron chi connectivity index (χ2n) is 4.54. The van der Waals surface area contributed by atoms with E-state index in [0.29, 0.717) is 11.8 Å². The van der Waals surface area contributed by atoms with Crippen LogP contribution < -0.4 is 5.32 Å². The Morgan fingerprint density at radius 2 is 2.36 bits per heavy atom. The van der Waals surface area contributed by atoms with E-state index in [9.17, 15) is 0 Å². The van der Waals surface area contributed by atoms with E-state index in [2.05, 4.69) is 25.2 Å². The third-order valence-corrected chi connectivity index (χ3v) is 3.20. The Kier molecular flexibility index (Phi) is 2.92. The first-order chi connectivity index (χ1) is 6.79. The quantitative estimate of drug-likeness (QED) is 0.798. The second kappa shape index (κ2) is 4.18. The molecule has 0 spiro atoms. The van der Waals surface area contributed by atoms with Gasteiger partial charge in [0, 0.05) is 5.92 Å². The van der Waals surface area contributed by atoms with Crippen LogP contribution in [0.15, 0.2) is 22.8 Å². The molecule has 2 heterocycles. The van der Waals surface area contributed by atoms with Gasteiger partial charge in [0.25, 0.3) is 0 Å². The van der Waals surface area contributed by atoms with Crippen molar-refractivity contribution in [3.63, 3.8) is 0 Å². The van der Waals surface area contributed by atoms with Crippen molar-refractivity contribution in [3.8, 4) is 0 Å². The van der Waals surface area contributed by atoms with Crippen molar-refractivity contribution in [2.45, 2.75) is 26.2 Å². The molecular formula is C12H19NO. The van der Waals surface area contributed by atoms with Crippen molar-refractivity contribution in [1.29, 1.82) is 0 Å². The van der Waals surface area contributed by atoms with E-state index < -0.39 is 0 Å². The molecule has 2 unspecified atom stereocenters. The molecule has 1 N–H and O–H groups in total. The summed E-state index contributed by atoms with van der Waals surface area (Å²) in [5.74, 6) is 3.15. The predicted octanol–water partition coefficient (Wildman–Crippen LogP) is 2.63. The Morgan fingerprint density at radius 3 is 2.86 bits per heavy atom. The third-order valence-electron chi connectivity index (χ3n) is 3.20. The minimum Gasteiger partial charge on any atom is -0.469 e. The Bertz CT molecular complexity index is 260. The first-order valence-electron chi connectivity index (χ1n) is 5.53. The van der Waals surface area contributed by atoms with Gasteiger partial charge in [-0.05, 0) is 43.5 Å². The molecule has 0 bridgehead atoms. The zero-order chi connectivity index (χ0) is 9.97. The Labute approximate surface area is 85.7 Å². The number of nitrogens with one attached hydrogen (secondary N) is 1. The SMILES string of the molecule is CC(C)C(c1ccco1)C1CCNC1. The van der Waals surface area contributed by atoms with Crippen LogP contribution in [0, 0.1) is 11.8 Å². The van der Waals surface area contributed by atoms with E-state index in [1.807, 2.05) is 6.07 Å².